The summed E-state index contributed by atoms with van der Waals surface area (Å²) in [5.74, 6) is -3.18. The molecule has 0 fully saturated rings. The number of carbonyl (C=O) groups excluding carboxylic acids is 1. The fourth-order valence-corrected chi connectivity index (χ4v) is 3.23. The second-order valence-corrected chi connectivity index (χ2v) is 7.43. The van der Waals surface area contributed by atoms with Crippen LogP contribution in [0.4, 0.5) is 18.9 Å². The number of anilines is 1. The third kappa shape index (κ3) is 4.98. The van der Waals surface area contributed by atoms with Gasteiger partial charge in [-0.2, -0.15) is 0 Å². The van der Waals surface area contributed by atoms with Crippen molar-refractivity contribution in [2.45, 2.75) is 13.0 Å². The zero-order valence-electron chi connectivity index (χ0n) is 13.9. The maximum absolute atomic E-state index is 13.9. The van der Waals surface area contributed by atoms with E-state index in [9.17, 15) is 26.4 Å². The van der Waals surface area contributed by atoms with Crippen LogP contribution >= 0.6 is 0 Å². The van der Waals surface area contributed by atoms with Crippen molar-refractivity contribution in [3.63, 3.8) is 0 Å². The number of amides is 1. The van der Waals surface area contributed by atoms with Crippen molar-refractivity contribution < 1.29 is 26.4 Å². The average Bonchev–Trinajstić information content (AvgIpc) is 2.55. The van der Waals surface area contributed by atoms with Gasteiger partial charge in [0.1, 0.15) is 11.5 Å². The first-order chi connectivity index (χ1) is 12.2. The number of halogens is 3. The number of benzene rings is 2. The lowest BCUT2D eigenvalue weighted by Gasteiger charge is -2.23. The van der Waals surface area contributed by atoms with Crippen LogP contribution in [0.15, 0.2) is 42.5 Å². The molecule has 0 unspecified atom stereocenters. The largest absolute Gasteiger partial charge is 0.352 e. The quantitative estimate of drug-likeness (QED) is 0.795. The average molecular weight is 386 g/mol. The summed E-state index contributed by atoms with van der Waals surface area (Å²) in [7, 11) is -4.02. The summed E-state index contributed by atoms with van der Waals surface area (Å²) in [6.07, 6.45) is 0.436. The van der Waals surface area contributed by atoms with Crippen molar-refractivity contribution in [3.8, 4) is 0 Å². The summed E-state index contributed by atoms with van der Waals surface area (Å²) < 4.78 is 65.5. The fraction of sp³-hybridized carbons (Fsp3) is 0.235. The van der Waals surface area contributed by atoms with Gasteiger partial charge in [-0.05, 0) is 18.2 Å². The lowest BCUT2D eigenvalue weighted by Crippen LogP contribution is -2.35. The first kappa shape index (κ1) is 19.8. The maximum atomic E-state index is 13.9. The van der Waals surface area contributed by atoms with E-state index in [2.05, 4.69) is 5.32 Å². The topological polar surface area (TPSA) is 66.5 Å². The molecular formula is C17H17F3N2O3S. The number of carbonyl (C=O) groups is 1. The van der Waals surface area contributed by atoms with Crippen molar-refractivity contribution in [2.75, 3.05) is 17.1 Å². The zero-order chi connectivity index (χ0) is 19.3. The minimum absolute atomic E-state index is 0.0849. The van der Waals surface area contributed by atoms with Gasteiger partial charge < -0.3 is 5.32 Å². The fourth-order valence-electron chi connectivity index (χ4n) is 2.30. The standard InChI is InChI=1S/C17H17F3N2O3S/c1-26(24,25)22(17-14(19)7-4-8-15(17)20)10-9-16(23)21-11-12-5-2-3-6-13(12)18/h2-8H,9-11H2,1H3,(H,21,23). The molecule has 0 atom stereocenters. The van der Waals surface area contributed by atoms with E-state index >= 15 is 0 Å². The van der Waals surface area contributed by atoms with E-state index in [0.29, 0.717) is 4.31 Å². The monoisotopic (exact) mass is 386 g/mol. The Bertz CT molecular complexity index is 884. The summed E-state index contributed by atoms with van der Waals surface area (Å²) in [4.78, 5) is 11.9. The first-order valence-corrected chi connectivity index (χ1v) is 9.47. The molecule has 5 nitrogen and oxygen atoms in total. The molecule has 0 saturated heterocycles. The van der Waals surface area contributed by atoms with Crippen LogP contribution in [0.3, 0.4) is 0 Å². The smallest absolute Gasteiger partial charge is 0.232 e. The van der Waals surface area contributed by atoms with Crippen LogP contribution in [0, 0.1) is 17.5 Å². The van der Waals surface area contributed by atoms with Crippen molar-refractivity contribution in [3.05, 3.63) is 65.5 Å². The highest BCUT2D eigenvalue weighted by molar-refractivity contribution is 7.92. The predicted octanol–water partition coefficient (Wildman–Crippen LogP) is 2.58. The van der Waals surface area contributed by atoms with E-state index in [1.54, 1.807) is 6.07 Å². The molecule has 0 saturated carbocycles. The molecule has 0 aliphatic rings. The number of nitrogens with zero attached hydrogens (tertiary/aromatic N) is 1. The van der Waals surface area contributed by atoms with Gasteiger partial charge in [0.15, 0.2) is 11.6 Å². The molecule has 0 heterocycles. The number of hydrogen-bond acceptors (Lipinski definition) is 3. The highest BCUT2D eigenvalue weighted by atomic mass is 32.2. The summed E-state index contributed by atoms with van der Waals surface area (Å²) >= 11 is 0. The van der Waals surface area contributed by atoms with E-state index in [-0.39, 0.29) is 18.5 Å². The molecule has 2 rings (SSSR count). The van der Waals surface area contributed by atoms with Gasteiger partial charge in [0.25, 0.3) is 0 Å². The van der Waals surface area contributed by atoms with E-state index < -0.39 is 45.6 Å². The van der Waals surface area contributed by atoms with Gasteiger partial charge in [-0.3, -0.25) is 9.10 Å². The van der Waals surface area contributed by atoms with Gasteiger partial charge in [-0.15, -0.1) is 0 Å². The summed E-state index contributed by atoms with van der Waals surface area (Å²) in [5, 5.41) is 2.44. The van der Waals surface area contributed by atoms with Crippen LogP contribution in [0.1, 0.15) is 12.0 Å². The Morgan fingerprint density at radius 2 is 1.58 bits per heavy atom. The van der Waals surface area contributed by atoms with Crippen molar-refractivity contribution >= 4 is 21.6 Å². The molecule has 0 radical (unpaired) electrons. The molecule has 0 aromatic heterocycles. The van der Waals surface area contributed by atoms with Crippen LogP contribution in [0.25, 0.3) is 0 Å². The highest BCUT2D eigenvalue weighted by Crippen LogP contribution is 2.25. The molecule has 0 aliphatic carbocycles. The number of hydrogen-bond donors (Lipinski definition) is 1. The first-order valence-electron chi connectivity index (χ1n) is 7.62. The van der Waals surface area contributed by atoms with E-state index in [1.165, 1.54) is 18.2 Å². The van der Waals surface area contributed by atoms with Crippen molar-refractivity contribution in [1.82, 2.24) is 5.32 Å². The molecule has 140 valence electrons. The van der Waals surface area contributed by atoms with Gasteiger partial charge in [-0.1, -0.05) is 24.3 Å². The van der Waals surface area contributed by atoms with Crippen LogP contribution in [0.5, 0.6) is 0 Å². The Labute approximate surface area is 149 Å². The minimum atomic E-state index is -4.02. The highest BCUT2D eigenvalue weighted by Gasteiger charge is 2.25. The minimum Gasteiger partial charge on any atom is -0.352 e. The Balaban J connectivity index is 2.06. The number of nitrogens with one attached hydrogen (secondary N) is 1. The van der Waals surface area contributed by atoms with Crippen LogP contribution in [-0.2, 0) is 21.4 Å². The second-order valence-electron chi connectivity index (χ2n) is 5.52. The van der Waals surface area contributed by atoms with Crippen LogP contribution in [0.2, 0.25) is 0 Å². The molecule has 1 amide bonds. The lowest BCUT2D eigenvalue weighted by atomic mass is 10.2. The number of sulfonamides is 1. The van der Waals surface area contributed by atoms with E-state index in [0.717, 1.165) is 24.5 Å². The molecule has 1 N–H and O–H groups in total. The van der Waals surface area contributed by atoms with Crippen LogP contribution < -0.4 is 9.62 Å². The van der Waals surface area contributed by atoms with Gasteiger partial charge in [0.05, 0.1) is 6.26 Å². The SMILES string of the molecule is CS(=O)(=O)N(CCC(=O)NCc1ccccc1F)c1c(F)cccc1F. The van der Waals surface area contributed by atoms with Crippen molar-refractivity contribution in [2.24, 2.45) is 0 Å². The molecule has 2 aromatic carbocycles. The van der Waals surface area contributed by atoms with Gasteiger partial charge >= 0.3 is 0 Å². The molecule has 26 heavy (non-hydrogen) atoms. The Hall–Kier alpha value is -2.55. The molecule has 0 aliphatic heterocycles. The Morgan fingerprint density at radius 3 is 2.15 bits per heavy atom. The summed E-state index contributed by atoms with van der Waals surface area (Å²) in [6.45, 7) is -0.543. The third-order valence-electron chi connectivity index (χ3n) is 3.56. The molecule has 2 aromatic rings. The molecule has 0 spiro atoms. The van der Waals surface area contributed by atoms with Gasteiger partial charge in [-0.25, -0.2) is 21.6 Å². The second kappa shape index (κ2) is 8.22. The summed E-state index contributed by atoms with van der Waals surface area (Å²) in [5.41, 5.74) is -0.474. The summed E-state index contributed by atoms with van der Waals surface area (Å²) in [6, 6.07) is 8.81. The van der Waals surface area contributed by atoms with E-state index in [4.69, 9.17) is 0 Å². The van der Waals surface area contributed by atoms with Gasteiger partial charge in [0.2, 0.25) is 15.9 Å². The number of para-hydroxylation sites is 1. The normalized spacial score (nSPS) is 11.2. The molecular weight excluding hydrogens is 369 g/mol. The zero-order valence-corrected chi connectivity index (χ0v) is 14.7. The predicted molar refractivity (Wildman–Crippen MR) is 91.4 cm³/mol. The Morgan fingerprint density at radius 1 is 1.00 bits per heavy atom. The third-order valence-corrected chi connectivity index (χ3v) is 4.73. The lowest BCUT2D eigenvalue weighted by molar-refractivity contribution is -0.121. The van der Waals surface area contributed by atoms with Crippen LogP contribution in [-0.4, -0.2) is 27.1 Å². The number of rotatable bonds is 7. The Kier molecular flexibility index (Phi) is 6.25. The van der Waals surface area contributed by atoms with Crippen molar-refractivity contribution in [1.29, 1.82) is 0 Å². The molecule has 0 bridgehead atoms. The maximum Gasteiger partial charge on any atom is 0.232 e. The van der Waals surface area contributed by atoms with Gasteiger partial charge in [0, 0.05) is 25.1 Å². The van der Waals surface area contributed by atoms with E-state index in [1.807, 2.05) is 0 Å². The molecule has 9 heteroatoms.